The number of carbonyl (C=O) groups is 1. The fourth-order valence-electron chi connectivity index (χ4n) is 2.85. The first-order valence-corrected chi connectivity index (χ1v) is 8.65. The van der Waals surface area contributed by atoms with Gasteiger partial charge in [0.05, 0.1) is 4.88 Å². The van der Waals surface area contributed by atoms with Gasteiger partial charge in [0.2, 0.25) is 0 Å². The zero-order chi connectivity index (χ0) is 18.0. The minimum absolute atomic E-state index is 0.266. The molecule has 3 rings (SSSR count). The van der Waals surface area contributed by atoms with Gasteiger partial charge in [-0.1, -0.05) is 0 Å². The number of halogens is 4. The number of nitrogens with one attached hydrogen (secondary N) is 2. The molecule has 0 radical (unpaired) electrons. The number of hydrogen-bond donors (Lipinski definition) is 2. The molecule has 2 aromatic rings. The van der Waals surface area contributed by atoms with Gasteiger partial charge in [0, 0.05) is 37.4 Å². The summed E-state index contributed by atoms with van der Waals surface area (Å²) in [7, 11) is 0. The molecule has 2 heterocycles. The standard InChI is InChI=1S/C16H17F4N3OS/c17-11-1-2-12-10(7-11)8-13(25-12)15(24)22-9-14(16(18,19)20)23-5-3-21-4-6-23/h1-2,7-8,14,21H,3-6,9H2,(H,22,24). The zero-order valence-corrected chi connectivity index (χ0v) is 14.0. The van der Waals surface area contributed by atoms with Crippen LogP contribution in [0.25, 0.3) is 10.1 Å². The summed E-state index contributed by atoms with van der Waals surface area (Å²) < 4.78 is 53.9. The number of rotatable bonds is 4. The molecule has 136 valence electrons. The number of alkyl halides is 3. The van der Waals surface area contributed by atoms with Gasteiger partial charge < -0.3 is 10.6 Å². The highest BCUT2D eigenvalue weighted by atomic mass is 32.1. The summed E-state index contributed by atoms with van der Waals surface area (Å²) in [6.07, 6.45) is -4.42. The molecule has 4 nitrogen and oxygen atoms in total. The molecule has 1 unspecified atom stereocenters. The van der Waals surface area contributed by atoms with E-state index in [9.17, 15) is 22.4 Å². The van der Waals surface area contributed by atoms with E-state index in [0.29, 0.717) is 23.2 Å². The van der Waals surface area contributed by atoms with E-state index in [2.05, 4.69) is 10.6 Å². The summed E-state index contributed by atoms with van der Waals surface area (Å²) in [6, 6.07) is 3.90. The molecule has 1 aromatic heterocycles. The molecule has 25 heavy (non-hydrogen) atoms. The average Bonchev–Trinajstić information content (AvgIpc) is 2.98. The predicted octanol–water partition coefficient (Wildman–Crippen LogP) is 2.61. The van der Waals surface area contributed by atoms with E-state index in [0.717, 1.165) is 11.3 Å². The third kappa shape index (κ3) is 4.28. The van der Waals surface area contributed by atoms with Gasteiger partial charge in [-0.15, -0.1) is 11.3 Å². The van der Waals surface area contributed by atoms with Crippen molar-refractivity contribution in [3.05, 3.63) is 35.0 Å². The third-order valence-corrected chi connectivity index (χ3v) is 5.24. The average molecular weight is 375 g/mol. The van der Waals surface area contributed by atoms with E-state index in [1.165, 1.54) is 23.1 Å². The lowest BCUT2D eigenvalue weighted by Crippen LogP contribution is -2.57. The van der Waals surface area contributed by atoms with Crippen LogP contribution in [0.2, 0.25) is 0 Å². The number of benzene rings is 1. The van der Waals surface area contributed by atoms with E-state index >= 15 is 0 Å². The number of thiophene rings is 1. The van der Waals surface area contributed by atoms with Gasteiger partial charge in [-0.25, -0.2) is 4.39 Å². The molecule has 0 spiro atoms. The van der Waals surface area contributed by atoms with Gasteiger partial charge in [-0.2, -0.15) is 13.2 Å². The number of hydrogen-bond acceptors (Lipinski definition) is 4. The molecule has 9 heteroatoms. The minimum Gasteiger partial charge on any atom is -0.349 e. The van der Waals surface area contributed by atoms with Crippen LogP contribution >= 0.6 is 11.3 Å². The molecule has 0 saturated carbocycles. The van der Waals surface area contributed by atoms with Gasteiger partial charge in [-0.3, -0.25) is 9.69 Å². The predicted molar refractivity (Wildman–Crippen MR) is 88.4 cm³/mol. The topological polar surface area (TPSA) is 44.4 Å². The largest absolute Gasteiger partial charge is 0.405 e. The maximum Gasteiger partial charge on any atom is 0.405 e. The van der Waals surface area contributed by atoms with Gasteiger partial charge in [-0.05, 0) is 29.7 Å². The Hall–Kier alpha value is -1.71. The summed E-state index contributed by atoms with van der Waals surface area (Å²) in [4.78, 5) is 13.8. The number of piperazine rings is 1. The monoisotopic (exact) mass is 375 g/mol. The molecule has 1 fully saturated rings. The molecule has 0 aliphatic carbocycles. The smallest absolute Gasteiger partial charge is 0.349 e. The van der Waals surface area contributed by atoms with Gasteiger partial charge >= 0.3 is 6.18 Å². The first-order chi connectivity index (χ1) is 11.8. The Labute approximate surface area is 145 Å². The van der Waals surface area contributed by atoms with Crippen molar-refractivity contribution in [2.75, 3.05) is 32.7 Å². The quantitative estimate of drug-likeness (QED) is 0.808. The third-order valence-electron chi connectivity index (χ3n) is 4.13. The van der Waals surface area contributed by atoms with E-state index in [1.807, 2.05) is 0 Å². The molecule has 1 aliphatic rings. The Balaban J connectivity index is 1.69. The van der Waals surface area contributed by atoms with Crippen LogP contribution in [0.4, 0.5) is 17.6 Å². The van der Waals surface area contributed by atoms with Crippen LogP contribution in [0.5, 0.6) is 0 Å². The molecule has 1 atom stereocenters. The molecule has 1 aliphatic heterocycles. The van der Waals surface area contributed by atoms with Crippen molar-refractivity contribution < 1.29 is 22.4 Å². The summed E-state index contributed by atoms with van der Waals surface area (Å²) in [5.41, 5.74) is 0. The Morgan fingerprint density at radius 1 is 1.28 bits per heavy atom. The Morgan fingerprint density at radius 2 is 2.00 bits per heavy atom. The summed E-state index contributed by atoms with van der Waals surface area (Å²) in [5.74, 6) is -1.00. The highest BCUT2D eigenvalue weighted by Gasteiger charge is 2.43. The maximum absolute atomic E-state index is 13.3. The fourth-order valence-corrected chi connectivity index (χ4v) is 3.81. The molecular formula is C16H17F4N3OS. The SMILES string of the molecule is O=C(NCC(N1CCNCC1)C(F)(F)F)c1cc2cc(F)ccc2s1. The van der Waals surface area contributed by atoms with Crippen molar-refractivity contribution in [2.45, 2.75) is 12.2 Å². The molecule has 2 N–H and O–H groups in total. The number of fused-ring (bicyclic) bond motifs is 1. The van der Waals surface area contributed by atoms with E-state index in [1.54, 1.807) is 6.07 Å². The van der Waals surface area contributed by atoms with Crippen molar-refractivity contribution in [2.24, 2.45) is 0 Å². The highest BCUT2D eigenvalue weighted by Crippen LogP contribution is 2.27. The lowest BCUT2D eigenvalue weighted by molar-refractivity contribution is -0.183. The minimum atomic E-state index is -4.42. The second kappa shape index (κ2) is 7.27. The maximum atomic E-state index is 13.3. The lowest BCUT2D eigenvalue weighted by Gasteiger charge is -2.35. The first-order valence-electron chi connectivity index (χ1n) is 7.83. The molecule has 1 amide bonds. The molecule has 1 aromatic carbocycles. The second-order valence-electron chi connectivity index (χ2n) is 5.85. The zero-order valence-electron chi connectivity index (χ0n) is 13.2. The molecule has 1 saturated heterocycles. The van der Waals surface area contributed by atoms with Crippen LogP contribution < -0.4 is 10.6 Å². The van der Waals surface area contributed by atoms with Crippen LogP contribution in [0.3, 0.4) is 0 Å². The molecule has 0 bridgehead atoms. The van der Waals surface area contributed by atoms with Gasteiger partial charge in [0.15, 0.2) is 0 Å². The molecular weight excluding hydrogens is 358 g/mol. The van der Waals surface area contributed by atoms with E-state index < -0.39 is 30.5 Å². The van der Waals surface area contributed by atoms with Crippen LogP contribution in [-0.4, -0.2) is 55.7 Å². The number of carbonyl (C=O) groups excluding carboxylic acids is 1. The summed E-state index contributed by atoms with van der Waals surface area (Å²) in [6.45, 7) is 1.03. The van der Waals surface area contributed by atoms with Crippen LogP contribution in [0, 0.1) is 5.82 Å². The van der Waals surface area contributed by atoms with E-state index in [4.69, 9.17) is 0 Å². The van der Waals surface area contributed by atoms with Crippen molar-refractivity contribution in [1.29, 1.82) is 0 Å². The first kappa shape index (κ1) is 18.1. The summed E-state index contributed by atoms with van der Waals surface area (Å²) >= 11 is 1.13. The Morgan fingerprint density at radius 3 is 2.68 bits per heavy atom. The van der Waals surface area contributed by atoms with Crippen LogP contribution in [0.1, 0.15) is 9.67 Å². The Bertz CT molecular complexity index is 755. The Kier molecular flexibility index (Phi) is 5.26. The van der Waals surface area contributed by atoms with Crippen molar-refractivity contribution in [1.82, 2.24) is 15.5 Å². The van der Waals surface area contributed by atoms with Crippen molar-refractivity contribution >= 4 is 27.3 Å². The number of amides is 1. The number of nitrogens with zero attached hydrogens (tertiary/aromatic N) is 1. The fraction of sp³-hybridized carbons (Fsp3) is 0.438. The van der Waals surface area contributed by atoms with Crippen LogP contribution in [0.15, 0.2) is 24.3 Å². The van der Waals surface area contributed by atoms with Crippen LogP contribution in [-0.2, 0) is 0 Å². The second-order valence-corrected chi connectivity index (χ2v) is 6.93. The highest BCUT2D eigenvalue weighted by molar-refractivity contribution is 7.20. The van der Waals surface area contributed by atoms with Gasteiger partial charge in [0.1, 0.15) is 11.9 Å². The van der Waals surface area contributed by atoms with Crippen molar-refractivity contribution in [3.8, 4) is 0 Å². The van der Waals surface area contributed by atoms with Gasteiger partial charge in [0.25, 0.3) is 5.91 Å². The summed E-state index contributed by atoms with van der Waals surface area (Å²) in [5, 5.41) is 5.94. The normalized spacial score (nSPS) is 17.6. The lowest BCUT2D eigenvalue weighted by atomic mass is 10.2. The van der Waals surface area contributed by atoms with Crippen molar-refractivity contribution in [3.63, 3.8) is 0 Å². The van der Waals surface area contributed by atoms with E-state index in [-0.39, 0.29) is 18.0 Å².